The van der Waals surface area contributed by atoms with Gasteiger partial charge in [0.1, 0.15) is 6.42 Å². The maximum atomic E-state index is 11.7. The highest BCUT2D eigenvalue weighted by Gasteiger charge is 2.16. The van der Waals surface area contributed by atoms with Crippen molar-refractivity contribution in [1.82, 2.24) is 0 Å². The molecule has 0 atom stereocenters. The van der Waals surface area contributed by atoms with E-state index in [1.807, 2.05) is 0 Å². The minimum absolute atomic E-state index is 0.185. The molecule has 1 aromatic carbocycles. The summed E-state index contributed by atoms with van der Waals surface area (Å²) in [7, 11) is 0. The second-order valence-corrected chi connectivity index (χ2v) is 3.47. The highest BCUT2D eigenvalue weighted by Crippen LogP contribution is 2.24. The third-order valence-corrected chi connectivity index (χ3v) is 2.17. The monoisotopic (exact) mass is 237 g/mol. The summed E-state index contributed by atoms with van der Waals surface area (Å²) in [6.07, 6.45) is -0.360. The molecule has 0 unspecified atom stereocenters. The van der Waals surface area contributed by atoms with Gasteiger partial charge in [-0.05, 0) is 19.1 Å². The molecule has 0 aromatic heterocycles. The summed E-state index contributed by atoms with van der Waals surface area (Å²) < 4.78 is 4.67. The van der Waals surface area contributed by atoms with E-state index in [1.165, 1.54) is 12.1 Å². The number of hydrogen-bond acceptors (Lipinski definition) is 6. The predicted octanol–water partition coefficient (Wildman–Crippen LogP) is 0.569. The Kier molecular flexibility index (Phi) is 3.92. The van der Waals surface area contributed by atoms with Crippen LogP contribution in [-0.2, 0) is 9.53 Å². The Bertz CT molecular complexity index is 458. The largest absolute Gasteiger partial charge is 0.466 e. The number of nitrogen functional groups attached to an aromatic ring is 3. The summed E-state index contributed by atoms with van der Waals surface area (Å²) >= 11 is 0. The Labute approximate surface area is 98.7 Å². The molecule has 6 heteroatoms. The fraction of sp³-hybridized carbons (Fsp3) is 0.273. The lowest BCUT2D eigenvalue weighted by molar-refractivity contribution is -0.141. The van der Waals surface area contributed by atoms with Crippen LogP contribution in [0.5, 0.6) is 0 Å². The molecule has 6 N–H and O–H groups in total. The molecule has 0 bridgehead atoms. The molecular weight excluding hydrogens is 222 g/mol. The molecule has 1 aromatic rings. The van der Waals surface area contributed by atoms with Crippen LogP contribution in [0.25, 0.3) is 0 Å². The van der Waals surface area contributed by atoms with Gasteiger partial charge in [-0.2, -0.15) is 0 Å². The molecular formula is C11H15N3O3. The molecule has 0 radical (unpaired) electrons. The van der Waals surface area contributed by atoms with E-state index in [1.54, 1.807) is 6.92 Å². The first-order valence-electron chi connectivity index (χ1n) is 5.09. The first kappa shape index (κ1) is 12.8. The Morgan fingerprint density at radius 3 is 2.29 bits per heavy atom. The van der Waals surface area contributed by atoms with E-state index in [2.05, 4.69) is 4.74 Å². The topological polar surface area (TPSA) is 121 Å². The number of benzene rings is 1. The second-order valence-electron chi connectivity index (χ2n) is 3.47. The summed E-state index contributed by atoms with van der Waals surface area (Å²) in [4.78, 5) is 22.9. The van der Waals surface area contributed by atoms with Crippen molar-refractivity contribution in [2.75, 3.05) is 23.8 Å². The van der Waals surface area contributed by atoms with Crippen LogP contribution in [-0.4, -0.2) is 18.4 Å². The van der Waals surface area contributed by atoms with E-state index < -0.39 is 11.8 Å². The zero-order chi connectivity index (χ0) is 13.0. The van der Waals surface area contributed by atoms with Gasteiger partial charge in [0.25, 0.3) is 0 Å². The van der Waals surface area contributed by atoms with E-state index in [0.717, 1.165) is 0 Å². The number of hydrogen-bond donors (Lipinski definition) is 3. The number of carbonyl (C=O) groups is 2. The van der Waals surface area contributed by atoms with Gasteiger partial charge in [-0.1, -0.05) is 0 Å². The van der Waals surface area contributed by atoms with Crippen molar-refractivity contribution in [3.8, 4) is 0 Å². The molecule has 0 fully saturated rings. The van der Waals surface area contributed by atoms with Gasteiger partial charge < -0.3 is 21.9 Å². The van der Waals surface area contributed by atoms with Gasteiger partial charge in [-0.15, -0.1) is 0 Å². The highest BCUT2D eigenvalue weighted by molar-refractivity contribution is 6.09. The SMILES string of the molecule is CCOC(=O)CC(=O)c1cc(N)c(N)cc1N. The lowest BCUT2D eigenvalue weighted by Crippen LogP contribution is -2.13. The van der Waals surface area contributed by atoms with Crippen molar-refractivity contribution < 1.29 is 14.3 Å². The van der Waals surface area contributed by atoms with Crippen molar-refractivity contribution >= 4 is 28.8 Å². The van der Waals surface area contributed by atoms with Crippen LogP contribution in [0.3, 0.4) is 0 Å². The molecule has 0 aliphatic heterocycles. The molecule has 0 spiro atoms. The van der Waals surface area contributed by atoms with E-state index in [9.17, 15) is 9.59 Å². The Balaban J connectivity index is 2.89. The number of esters is 1. The van der Waals surface area contributed by atoms with Crippen LogP contribution in [0.15, 0.2) is 12.1 Å². The molecule has 92 valence electrons. The molecule has 0 amide bonds. The Hall–Kier alpha value is -2.24. The van der Waals surface area contributed by atoms with Crippen LogP contribution < -0.4 is 17.2 Å². The maximum Gasteiger partial charge on any atom is 0.313 e. The fourth-order valence-electron chi connectivity index (χ4n) is 1.33. The standard InChI is InChI=1S/C11H15N3O3/c1-2-17-11(16)5-10(15)6-3-8(13)9(14)4-7(6)12/h3-4H,2,5,12-14H2,1H3. The molecule has 0 aliphatic rings. The summed E-state index contributed by atoms with van der Waals surface area (Å²) in [6, 6.07) is 2.76. The van der Waals surface area contributed by atoms with Gasteiger partial charge in [0.2, 0.25) is 0 Å². The van der Waals surface area contributed by atoms with Crippen molar-refractivity contribution in [2.45, 2.75) is 13.3 Å². The molecule has 1 rings (SSSR count). The molecule has 17 heavy (non-hydrogen) atoms. The maximum absolute atomic E-state index is 11.7. The van der Waals surface area contributed by atoms with Gasteiger partial charge in [0.15, 0.2) is 5.78 Å². The summed E-state index contributed by atoms with van der Waals surface area (Å²) in [6.45, 7) is 1.89. The Morgan fingerprint density at radius 1 is 1.12 bits per heavy atom. The van der Waals surface area contributed by atoms with E-state index >= 15 is 0 Å². The number of nitrogens with two attached hydrogens (primary N) is 3. The molecule has 0 heterocycles. The minimum atomic E-state index is -0.590. The van der Waals surface area contributed by atoms with Crippen molar-refractivity contribution in [2.24, 2.45) is 0 Å². The smallest absolute Gasteiger partial charge is 0.313 e. The van der Waals surface area contributed by atoms with E-state index in [-0.39, 0.29) is 30.0 Å². The molecule has 0 aliphatic carbocycles. The fourth-order valence-corrected chi connectivity index (χ4v) is 1.33. The third kappa shape index (κ3) is 3.10. The van der Waals surface area contributed by atoms with Crippen molar-refractivity contribution in [3.63, 3.8) is 0 Å². The second kappa shape index (κ2) is 5.20. The van der Waals surface area contributed by atoms with E-state index in [4.69, 9.17) is 17.2 Å². The number of Topliss-reactive ketones (excluding diaryl/α,β-unsaturated/α-hetero) is 1. The van der Waals surface area contributed by atoms with Gasteiger partial charge in [-0.3, -0.25) is 9.59 Å². The molecule has 0 saturated heterocycles. The Morgan fingerprint density at radius 2 is 1.71 bits per heavy atom. The number of carbonyl (C=O) groups excluding carboxylic acids is 2. The summed E-state index contributed by atoms with van der Waals surface area (Å²) in [5.74, 6) is -1.03. The van der Waals surface area contributed by atoms with Gasteiger partial charge in [0.05, 0.1) is 18.0 Å². The number of ketones is 1. The first-order valence-corrected chi connectivity index (χ1v) is 5.09. The summed E-state index contributed by atoms with van der Waals surface area (Å²) in [5.41, 5.74) is 17.7. The lowest BCUT2D eigenvalue weighted by atomic mass is 10.0. The number of rotatable bonds is 4. The van der Waals surface area contributed by atoms with Gasteiger partial charge >= 0.3 is 5.97 Å². The zero-order valence-electron chi connectivity index (χ0n) is 9.53. The van der Waals surface area contributed by atoms with Crippen LogP contribution in [0.4, 0.5) is 17.1 Å². The van der Waals surface area contributed by atoms with Crippen molar-refractivity contribution in [3.05, 3.63) is 17.7 Å². The minimum Gasteiger partial charge on any atom is -0.466 e. The molecule has 6 nitrogen and oxygen atoms in total. The molecule has 0 saturated carbocycles. The van der Waals surface area contributed by atoms with Crippen LogP contribution in [0.2, 0.25) is 0 Å². The average molecular weight is 237 g/mol. The van der Waals surface area contributed by atoms with Gasteiger partial charge in [-0.25, -0.2) is 0 Å². The van der Waals surface area contributed by atoms with Crippen LogP contribution in [0.1, 0.15) is 23.7 Å². The van der Waals surface area contributed by atoms with Crippen molar-refractivity contribution in [1.29, 1.82) is 0 Å². The predicted molar refractivity (Wildman–Crippen MR) is 65.3 cm³/mol. The van der Waals surface area contributed by atoms with Gasteiger partial charge in [0, 0.05) is 11.3 Å². The third-order valence-electron chi connectivity index (χ3n) is 2.17. The zero-order valence-corrected chi connectivity index (χ0v) is 9.53. The normalized spacial score (nSPS) is 9.94. The highest BCUT2D eigenvalue weighted by atomic mass is 16.5. The number of ether oxygens (including phenoxy) is 1. The first-order chi connectivity index (χ1) is 7.95. The quantitative estimate of drug-likeness (QED) is 0.304. The summed E-state index contributed by atoms with van der Waals surface area (Å²) in [5, 5.41) is 0. The average Bonchev–Trinajstić information content (AvgIpc) is 2.23. The number of anilines is 3. The lowest BCUT2D eigenvalue weighted by Gasteiger charge is -2.08. The van der Waals surface area contributed by atoms with E-state index in [0.29, 0.717) is 5.69 Å². The van der Waals surface area contributed by atoms with Crippen LogP contribution in [0, 0.1) is 0 Å². The van der Waals surface area contributed by atoms with Crippen LogP contribution >= 0.6 is 0 Å².